The summed E-state index contributed by atoms with van der Waals surface area (Å²) in [6.45, 7) is 9.07. The maximum atomic E-state index is 12.2. The average molecular weight is 373 g/mol. The monoisotopic (exact) mass is 372 g/mol. The maximum absolute atomic E-state index is 12.2. The number of hydrogen-bond donors (Lipinski definition) is 1. The number of hydrogen-bond acceptors (Lipinski definition) is 4. The highest BCUT2D eigenvalue weighted by Crippen LogP contribution is 2.28. The first-order chi connectivity index (χ1) is 10.3. The lowest BCUT2D eigenvalue weighted by atomic mass is 10.2. The molecule has 0 aliphatic heterocycles. The van der Waals surface area contributed by atoms with Crippen LogP contribution in [-0.2, 0) is 4.74 Å². The smallest absolute Gasteiger partial charge is 0.410 e. The molecule has 0 spiro atoms. The second kappa shape index (κ2) is 7.04. The minimum absolute atomic E-state index is 0.103. The molecule has 1 aliphatic rings. The van der Waals surface area contributed by atoms with Crippen molar-refractivity contribution in [3.8, 4) is 0 Å². The van der Waals surface area contributed by atoms with Gasteiger partial charge < -0.3 is 19.4 Å². The maximum Gasteiger partial charge on any atom is 0.410 e. The van der Waals surface area contributed by atoms with E-state index in [1.807, 2.05) is 44.7 Å². The van der Waals surface area contributed by atoms with E-state index in [0.29, 0.717) is 19.1 Å². The number of halogens is 1. The summed E-state index contributed by atoms with van der Waals surface area (Å²) in [4.78, 5) is 14.1. The van der Waals surface area contributed by atoms with Gasteiger partial charge in [0.05, 0.1) is 6.04 Å². The van der Waals surface area contributed by atoms with Crippen LogP contribution < -0.4 is 5.32 Å². The van der Waals surface area contributed by atoms with Gasteiger partial charge in [0, 0.05) is 19.1 Å². The van der Waals surface area contributed by atoms with Gasteiger partial charge in [-0.15, -0.1) is 0 Å². The first-order valence-electron chi connectivity index (χ1n) is 7.74. The van der Waals surface area contributed by atoms with Crippen molar-refractivity contribution in [2.24, 2.45) is 0 Å². The quantitative estimate of drug-likeness (QED) is 0.816. The SMILES string of the molecule is CC(NCCN(C(=O)OC(C)(C)C)C1CC1)c1ccc(Br)o1. The molecule has 1 atom stereocenters. The number of amides is 1. The molecule has 0 radical (unpaired) electrons. The molecule has 6 heteroatoms. The summed E-state index contributed by atoms with van der Waals surface area (Å²) in [6, 6.07) is 4.26. The first-order valence-corrected chi connectivity index (χ1v) is 8.54. The fourth-order valence-corrected chi connectivity index (χ4v) is 2.51. The second-order valence-corrected chi connectivity index (χ2v) is 7.50. The third-order valence-corrected chi connectivity index (χ3v) is 3.87. The molecule has 2 rings (SSSR count). The Bertz CT molecular complexity index is 506. The van der Waals surface area contributed by atoms with E-state index in [2.05, 4.69) is 21.2 Å². The van der Waals surface area contributed by atoms with E-state index in [1.54, 1.807) is 0 Å². The Morgan fingerprint density at radius 2 is 2.18 bits per heavy atom. The molecule has 0 aromatic carbocycles. The van der Waals surface area contributed by atoms with Gasteiger partial charge in [0.2, 0.25) is 0 Å². The minimum atomic E-state index is -0.453. The van der Waals surface area contributed by atoms with Crippen LogP contribution in [0.25, 0.3) is 0 Å². The summed E-state index contributed by atoms with van der Waals surface area (Å²) < 4.78 is 11.7. The molecule has 1 aromatic rings. The van der Waals surface area contributed by atoms with Crippen LogP contribution in [0.2, 0.25) is 0 Å². The molecule has 1 unspecified atom stereocenters. The van der Waals surface area contributed by atoms with Crippen molar-refractivity contribution in [1.29, 1.82) is 0 Å². The predicted octanol–water partition coefficient (Wildman–Crippen LogP) is 4.09. The topological polar surface area (TPSA) is 54.7 Å². The molecular formula is C16H25BrN2O3. The highest BCUT2D eigenvalue weighted by Gasteiger charge is 2.34. The Morgan fingerprint density at radius 1 is 1.50 bits per heavy atom. The standard InChI is InChI=1S/C16H25BrN2O3/c1-11(13-7-8-14(17)21-13)18-9-10-19(12-5-6-12)15(20)22-16(2,3)4/h7-8,11-12,18H,5-6,9-10H2,1-4H3. The number of carbonyl (C=O) groups excluding carboxylic acids is 1. The van der Waals surface area contributed by atoms with Crippen LogP contribution >= 0.6 is 15.9 Å². The van der Waals surface area contributed by atoms with Gasteiger partial charge in [-0.05, 0) is 68.6 Å². The van der Waals surface area contributed by atoms with Gasteiger partial charge in [-0.1, -0.05) is 0 Å². The molecule has 22 heavy (non-hydrogen) atoms. The van der Waals surface area contributed by atoms with Crippen molar-refractivity contribution in [3.63, 3.8) is 0 Å². The summed E-state index contributed by atoms with van der Waals surface area (Å²) >= 11 is 3.30. The molecule has 1 aromatic heterocycles. The van der Waals surface area contributed by atoms with Gasteiger partial charge in [0.25, 0.3) is 0 Å². The van der Waals surface area contributed by atoms with Crippen molar-refractivity contribution >= 4 is 22.0 Å². The number of nitrogens with one attached hydrogen (secondary N) is 1. The molecular weight excluding hydrogens is 348 g/mol. The zero-order valence-electron chi connectivity index (χ0n) is 13.7. The van der Waals surface area contributed by atoms with Gasteiger partial charge >= 0.3 is 6.09 Å². The third kappa shape index (κ3) is 5.32. The normalized spacial score (nSPS) is 16.4. The summed E-state index contributed by atoms with van der Waals surface area (Å²) in [6.07, 6.45) is 1.92. The van der Waals surface area contributed by atoms with Crippen molar-refractivity contribution < 1.29 is 13.9 Å². The number of carbonyl (C=O) groups is 1. The highest BCUT2D eigenvalue weighted by atomic mass is 79.9. The number of nitrogens with zero attached hydrogens (tertiary/aromatic N) is 1. The van der Waals surface area contributed by atoms with Crippen molar-refractivity contribution in [2.75, 3.05) is 13.1 Å². The lowest BCUT2D eigenvalue weighted by Crippen LogP contribution is -2.42. The molecule has 124 valence electrons. The largest absolute Gasteiger partial charge is 0.453 e. The Kier molecular flexibility index (Phi) is 5.55. The molecule has 1 fully saturated rings. The predicted molar refractivity (Wildman–Crippen MR) is 88.8 cm³/mol. The molecule has 1 heterocycles. The summed E-state index contributed by atoms with van der Waals surface area (Å²) in [5.74, 6) is 0.877. The first kappa shape index (κ1) is 17.3. The molecule has 1 amide bonds. The van der Waals surface area contributed by atoms with Gasteiger partial charge in [-0.2, -0.15) is 0 Å². The van der Waals surface area contributed by atoms with Crippen LogP contribution in [0.1, 0.15) is 52.3 Å². The zero-order valence-corrected chi connectivity index (χ0v) is 15.3. The Labute approximate surface area is 140 Å². The van der Waals surface area contributed by atoms with Crippen LogP contribution in [0.4, 0.5) is 4.79 Å². The Hall–Kier alpha value is -1.01. The van der Waals surface area contributed by atoms with Crippen molar-refractivity contribution in [1.82, 2.24) is 10.2 Å². The molecule has 0 bridgehead atoms. The van der Waals surface area contributed by atoms with Gasteiger partial charge in [0.1, 0.15) is 11.4 Å². The minimum Gasteiger partial charge on any atom is -0.453 e. The lowest BCUT2D eigenvalue weighted by Gasteiger charge is -2.27. The molecule has 1 saturated carbocycles. The summed E-state index contributed by atoms with van der Waals surface area (Å²) in [5, 5.41) is 3.38. The molecule has 0 saturated heterocycles. The molecule has 1 N–H and O–H groups in total. The van der Waals surface area contributed by atoms with Gasteiger partial charge in [-0.25, -0.2) is 4.79 Å². The highest BCUT2D eigenvalue weighted by molar-refractivity contribution is 9.10. The van der Waals surface area contributed by atoms with Gasteiger partial charge in [-0.3, -0.25) is 0 Å². The van der Waals surface area contributed by atoms with Crippen LogP contribution in [0.5, 0.6) is 0 Å². The van der Waals surface area contributed by atoms with Gasteiger partial charge in [0.15, 0.2) is 4.67 Å². The van der Waals surface area contributed by atoms with E-state index >= 15 is 0 Å². The van der Waals surface area contributed by atoms with E-state index in [1.165, 1.54) is 0 Å². The number of furan rings is 1. The summed E-state index contributed by atoms with van der Waals surface area (Å²) in [5.41, 5.74) is -0.453. The van der Waals surface area contributed by atoms with Crippen LogP contribution in [0.15, 0.2) is 21.2 Å². The van der Waals surface area contributed by atoms with E-state index in [-0.39, 0.29) is 12.1 Å². The number of ether oxygens (including phenoxy) is 1. The second-order valence-electron chi connectivity index (χ2n) is 6.72. The third-order valence-electron chi connectivity index (χ3n) is 3.44. The van der Waals surface area contributed by atoms with Crippen LogP contribution in [-0.4, -0.2) is 35.7 Å². The van der Waals surface area contributed by atoms with E-state index < -0.39 is 5.60 Å². The average Bonchev–Trinajstić information content (AvgIpc) is 3.13. The van der Waals surface area contributed by atoms with E-state index in [9.17, 15) is 4.79 Å². The van der Waals surface area contributed by atoms with Crippen molar-refractivity contribution in [3.05, 3.63) is 22.6 Å². The van der Waals surface area contributed by atoms with Crippen LogP contribution in [0.3, 0.4) is 0 Å². The zero-order chi connectivity index (χ0) is 16.3. The fraction of sp³-hybridized carbons (Fsp3) is 0.688. The van der Waals surface area contributed by atoms with E-state index in [4.69, 9.17) is 9.15 Å². The van der Waals surface area contributed by atoms with E-state index in [0.717, 1.165) is 23.3 Å². The fourth-order valence-electron chi connectivity index (χ4n) is 2.19. The lowest BCUT2D eigenvalue weighted by molar-refractivity contribution is 0.0234. The Morgan fingerprint density at radius 3 is 2.68 bits per heavy atom. The molecule has 1 aliphatic carbocycles. The Balaban J connectivity index is 1.81. The van der Waals surface area contributed by atoms with Crippen LogP contribution in [0, 0.1) is 0 Å². The molecule has 5 nitrogen and oxygen atoms in total. The van der Waals surface area contributed by atoms with Crippen molar-refractivity contribution in [2.45, 2.75) is 58.2 Å². The number of rotatable bonds is 6. The summed E-state index contributed by atoms with van der Waals surface area (Å²) in [7, 11) is 0.